The molecule has 2 heterocycles. The van der Waals surface area contributed by atoms with Crippen molar-refractivity contribution in [3.05, 3.63) is 63.5 Å². The number of fused-ring (bicyclic) bond motifs is 3. The van der Waals surface area contributed by atoms with Crippen molar-refractivity contribution in [3.63, 3.8) is 0 Å². The smallest absolute Gasteiger partial charge is 0.328 e. The number of hydrogen-bond acceptors (Lipinski definition) is 4. The van der Waals surface area contributed by atoms with Crippen LogP contribution in [0.3, 0.4) is 0 Å². The van der Waals surface area contributed by atoms with Gasteiger partial charge in [0.15, 0.2) is 5.82 Å². The van der Waals surface area contributed by atoms with Crippen LogP contribution in [-0.4, -0.2) is 19.3 Å². The number of nitrogens with zero attached hydrogens (tertiary/aromatic N) is 4. The largest absolute Gasteiger partial charge is 0.361 e. The Morgan fingerprint density at radius 2 is 1.73 bits per heavy atom. The van der Waals surface area contributed by atoms with Crippen LogP contribution >= 0.6 is 0 Å². The maximum absolute atomic E-state index is 14.6. The summed E-state index contributed by atoms with van der Waals surface area (Å²) in [6, 6.07) is 6.95. The quantitative estimate of drug-likeness (QED) is 0.537. The zero-order chi connectivity index (χ0) is 21.7. The first-order valence-corrected chi connectivity index (χ1v) is 9.36. The van der Waals surface area contributed by atoms with Crippen LogP contribution in [0.5, 0.6) is 0 Å². The molecule has 156 valence electrons. The van der Waals surface area contributed by atoms with Crippen molar-refractivity contribution < 1.29 is 13.2 Å². The number of alkyl halides is 2. The standard InChI is InChI=1S/C21H20F3N5O/c1-10(13-6-5-7-14(17(13)22)19(23)24)25-20-16-12(11(2)26-27-20)8-9-15-18(16)29(4)21(30)28(15)3/h5-10,19H,1-4H3,(H,25,27). The fourth-order valence-corrected chi connectivity index (χ4v) is 3.84. The van der Waals surface area contributed by atoms with Crippen LogP contribution in [0.2, 0.25) is 0 Å². The van der Waals surface area contributed by atoms with Crippen molar-refractivity contribution in [1.29, 1.82) is 0 Å². The van der Waals surface area contributed by atoms with Crippen molar-refractivity contribution in [2.24, 2.45) is 14.1 Å². The number of benzene rings is 2. The van der Waals surface area contributed by atoms with Gasteiger partial charge in [0.2, 0.25) is 0 Å². The molecule has 2 aromatic heterocycles. The Bertz CT molecular complexity index is 1340. The maximum Gasteiger partial charge on any atom is 0.328 e. The van der Waals surface area contributed by atoms with Gasteiger partial charge in [-0.1, -0.05) is 24.3 Å². The lowest BCUT2D eigenvalue weighted by molar-refractivity contribution is 0.146. The summed E-state index contributed by atoms with van der Waals surface area (Å²) >= 11 is 0. The number of aromatic nitrogens is 4. The number of aryl methyl sites for hydroxylation is 3. The van der Waals surface area contributed by atoms with E-state index in [1.54, 1.807) is 27.9 Å². The molecule has 0 fully saturated rings. The summed E-state index contributed by atoms with van der Waals surface area (Å²) in [6.07, 6.45) is -2.91. The molecule has 6 nitrogen and oxygen atoms in total. The number of anilines is 1. The van der Waals surface area contributed by atoms with Gasteiger partial charge < -0.3 is 5.32 Å². The molecule has 0 bridgehead atoms. The Labute approximate surface area is 170 Å². The summed E-state index contributed by atoms with van der Waals surface area (Å²) in [5, 5.41) is 13.0. The summed E-state index contributed by atoms with van der Waals surface area (Å²) in [5.74, 6) is -0.606. The molecule has 0 saturated heterocycles. The highest BCUT2D eigenvalue weighted by molar-refractivity contribution is 6.10. The van der Waals surface area contributed by atoms with Gasteiger partial charge in [-0.3, -0.25) is 9.13 Å². The molecule has 0 aliphatic heterocycles. The minimum atomic E-state index is -2.91. The van der Waals surface area contributed by atoms with E-state index in [2.05, 4.69) is 15.5 Å². The zero-order valence-electron chi connectivity index (χ0n) is 16.9. The third-order valence-electron chi connectivity index (χ3n) is 5.47. The predicted molar refractivity (Wildman–Crippen MR) is 109 cm³/mol. The number of halogens is 3. The van der Waals surface area contributed by atoms with Crippen LogP contribution in [-0.2, 0) is 14.1 Å². The van der Waals surface area contributed by atoms with Crippen molar-refractivity contribution >= 4 is 27.6 Å². The van der Waals surface area contributed by atoms with Crippen molar-refractivity contribution in [2.45, 2.75) is 26.3 Å². The summed E-state index contributed by atoms with van der Waals surface area (Å²) in [6.45, 7) is 3.46. The molecule has 0 radical (unpaired) electrons. The van der Waals surface area contributed by atoms with Crippen LogP contribution in [0.15, 0.2) is 35.1 Å². The number of nitrogens with one attached hydrogen (secondary N) is 1. The normalized spacial score (nSPS) is 12.8. The molecule has 0 aliphatic rings. The molecule has 0 saturated carbocycles. The van der Waals surface area contributed by atoms with Gasteiger partial charge in [0.05, 0.1) is 33.7 Å². The monoisotopic (exact) mass is 415 g/mol. The van der Waals surface area contributed by atoms with E-state index in [1.165, 1.54) is 21.3 Å². The van der Waals surface area contributed by atoms with Crippen LogP contribution in [0.4, 0.5) is 19.0 Å². The summed E-state index contributed by atoms with van der Waals surface area (Å²) in [4.78, 5) is 12.5. The second-order valence-corrected chi connectivity index (χ2v) is 7.31. The van der Waals surface area contributed by atoms with Crippen LogP contribution in [0, 0.1) is 12.7 Å². The Morgan fingerprint density at radius 3 is 2.43 bits per heavy atom. The molecule has 30 heavy (non-hydrogen) atoms. The Balaban J connectivity index is 1.91. The van der Waals surface area contributed by atoms with E-state index in [0.29, 0.717) is 27.9 Å². The Morgan fingerprint density at radius 1 is 1.03 bits per heavy atom. The number of rotatable bonds is 4. The van der Waals surface area contributed by atoms with Gasteiger partial charge in [-0.05, 0) is 19.9 Å². The highest BCUT2D eigenvalue weighted by atomic mass is 19.3. The molecule has 0 spiro atoms. The molecule has 4 rings (SSSR count). The highest BCUT2D eigenvalue weighted by Gasteiger charge is 2.22. The lowest BCUT2D eigenvalue weighted by Crippen LogP contribution is -2.19. The van der Waals surface area contributed by atoms with E-state index in [0.717, 1.165) is 11.5 Å². The van der Waals surface area contributed by atoms with Gasteiger partial charge in [-0.15, -0.1) is 5.10 Å². The summed E-state index contributed by atoms with van der Waals surface area (Å²) in [7, 11) is 3.35. The van der Waals surface area contributed by atoms with Gasteiger partial charge in [0, 0.05) is 25.0 Å². The molecule has 0 aliphatic carbocycles. The lowest BCUT2D eigenvalue weighted by Gasteiger charge is -2.19. The minimum absolute atomic E-state index is 0.0949. The van der Waals surface area contributed by atoms with E-state index in [-0.39, 0.29) is 11.3 Å². The number of imidazole rings is 1. The summed E-state index contributed by atoms with van der Waals surface area (Å²) in [5.41, 5.74) is 1.30. The third kappa shape index (κ3) is 2.92. The number of hydrogen-bond donors (Lipinski definition) is 1. The topological polar surface area (TPSA) is 64.7 Å². The first-order valence-electron chi connectivity index (χ1n) is 9.36. The van der Waals surface area contributed by atoms with E-state index in [9.17, 15) is 18.0 Å². The van der Waals surface area contributed by atoms with Gasteiger partial charge in [-0.2, -0.15) is 5.10 Å². The molecular weight excluding hydrogens is 395 g/mol. The fraction of sp³-hybridized carbons (Fsp3) is 0.286. The van der Waals surface area contributed by atoms with Gasteiger partial charge in [0.25, 0.3) is 6.43 Å². The van der Waals surface area contributed by atoms with Crippen LogP contribution < -0.4 is 11.0 Å². The van der Waals surface area contributed by atoms with Crippen molar-refractivity contribution in [1.82, 2.24) is 19.3 Å². The second-order valence-electron chi connectivity index (χ2n) is 7.31. The summed E-state index contributed by atoms with van der Waals surface area (Å²) < 4.78 is 43.9. The predicted octanol–water partition coefficient (Wildman–Crippen LogP) is 4.38. The zero-order valence-corrected chi connectivity index (χ0v) is 16.9. The molecule has 2 aromatic carbocycles. The van der Waals surface area contributed by atoms with Crippen LogP contribution in [0.1, 0.15) is 36.2 Å². The average molecular weight is 415 g/mol. The molecule has 1 atom stereocenters. The molecule has 1 unspecified atom stereocenters. The maximum atomic E-state index is 14.6. The Hall–Kier alpha value is -3.36. The van der Waals surface area contributed by atoms with Gasteiger partial charge >= 0.3 is 5.69 Å². The second kappa shape index (κ2) is 7.16. The SMILES string of the molecule is Cc1nnc(NC(C)c2cccc(C(F)F)c2F)c2c1ccc1c2n(C)c(=O)n1C. The molecule has 0 amide bonds. The van der Waals surface area contributed by atoms with Crippen LogP contribution in [0.25, 0.3) is 21.8 Å². The van der Waals surface area contributed by atoms with E-state index >= 15 is 0 Å². The van der Waals surface area contributed by atoms with Crippen molar-refractivity contribution in [3.8, 4) is 0 Å². The van der Waals surface area contributed by atoms with Gasteiger partial charge in [-0.25, -0.2) is 18.0 Å². The third-order valence-corrected chi connectivity index (χ3v) is 5.47. The minimum Gasteiger partial charge on any atom is -0.361 e. The highest BCUT2D eigenvalue weighted by Crippen LogP contribution is 2.33. The Kier molecular flexibility index (Phi) is 4.76. The van der Waals surface area contributed by atoms with Crippen molar-refractivity contribution in [2.75, 3.05) is 5.32 Å². The lowest BCUT2D eigenvalue weighted by atomic mass is 10.0. The van der Waals surface area contributed by atoms with Gasteiger partial charge in [0.1, 0.15) is 5.82 Å². The van der Waals surface area contributed by atoms with E-state index in [4.69, 9.17) is 0 Å². The first-order chi connectivity index (χ1) is 14.2. The first kappa shape index (κ1) is 19.9. The molecule has 9 heteroatoms. The average Bonchev–Trinajstić information content (AvgIpc) is 2.94. The fourth-order valence-electron chi connectivity index (χ4n) is 3.84. The van der Waals surface area contributed by atoms with E-state index < -0.39 is 23.8 Å². The van der Waals surface area contributed by atoms with E-state index in [1.807, 2.05) is 12.1 Å². The molecule has 1 N–H and O–H groups in total. The molecular formula is C21H20F3N5O. The molecule has 4 aromatic rings.